The number of anilines is 1. The van der Waals surface area contributed by atoms with Crippen molar-refractivity contribution in [3.05, 3.63) is 71.4 Å². The fraction of sp³-hybridized carbons (Fsp3) is 0.0952. The number of rotatable bonds is 3. The predicted molar refractivity (Wildman–Crippen MR) is 113 cm³/mol. The maximum Gasteiger partial charge on any atom is 0.247 e. The molecule has 0 spiro atoms. The van der Waals surface area contributed by atoms with Gasteiger partial charge in [-0.2, -0.15) is 4.98 Å². The van der Waals surface area contributed by atoms with E-state index in [0.717, 1.165) is 16.8 Å². The maximum atomic E-state index is 6.18. The predicted octanol–water partition coefficient (Wildman–Crippen LogP) is 5.68. The van der Waals surface area contributed by atoms with Crippen molar-refractivity contribution in [1.82, 2.24) is 15.2 Å². The second-order valence-corrected chi connectivity index (χ2v) is 7.56. The van der Waals surface area contributed by atoms with Crippen LogP contribution in [0.4, 0.5) is 5.69 Å². The number of furan rings is 1. The first-order valence-corrected chi connectivity index (χ1v) is 10.5. The van der Waals surface area contributed by atoms with Gasteiger partial charge in [-0.1, -0.05) is 53.7 Å². The molecule has 5 rings (SSSR count). The topological polar surface area (TPSA) is 73.1 Å². The highest BCUT2D eigenvalue weighted by molar-refractivity contribution is 7.98. The molecule has 0 saturated carbocycles. The molecule has 1 atom stereocenters. The van der Waals surface area contributed by atoms with Crippen molar-refractivity contribution >= 4 is 29.1 Å². The van der Waals surface area contributed by atoms with E-state index in [4.69, 9.17) is 20.8 Å². The molecular formula is C21H15ClN4O2S. The first-order valence-electron chi connectivity index (χ1n) is 8.88. The molecule has 2 aromatic heterocycles. The van der Waals surface area contributed by atoms with Crippen molar-refractivity contribution in [3.8, 4) is 28.5 Å². The average Bonchev–Trinajstić information content (AvgIpc) is 3.18. The molecule has 1 N–H and O–H groups in total. The third-order valence-corrected chi connectivity index (χ3v) is 5.28. The minimum absolute atomic E-state index is 0.410. The van der Waals surface area contributed by atoms with Gasteiger partial charge in [-0.15, -0.1) is 10.2 Å². The van der Waals surface area contributed by atoms with Crippen molar-refractivity contribution in [1.29, 1.82) is 0 Å². The molecule has 0 radical (unpaired) electrons. The summed E-state index contributed by atoms with van der Waals surface area (Å²) < 4.78 is 12.3. The normalized spacial score (nSPS) is 14.9. The second kappa shape index (κ2) is 7.42. The standard InChI is InChI=1S/C21H15ClN4O2S/c1-29-21-24-20-18(25-26-21)14-7-2-3-8-15(14)23-19(28-20)17-10-9-16(27-17)12-5-4-6-13(22)11-12/h2-11,19,23H,1H3/t19-/m1/s1. The Labute approximate surface area is 176 Å². The third-order valence-electron chi connectivity index (χ3n) is 4.51. The van der Waals surface area contributed by atoms with Crippen LogP contribution in [0.15, 0.2) is 70.2 Å². The lowest BCUT2D eigenvalue weighted by Gasteiger charge is -2.16. The molecule has 1 aliphatic rings. The van der Waals surface area contributed by atoms with Crippen LogP contribution in [0.5, 0.6) is 5.88 Å². The highest BCUT2D eigenvalue weighted by Gasteiger charge is 2.27. The number of thioether (sulfide) groups is 1. The van der Waals surface area contributed by atoms with E-state index in [1.807, 2.05) is 66.9 Å². The van der Waals surface area contributed by atoms with Gasteiger partial charge in [-0.3, -0.25) is 0 Å². The zero-order chi connectivity index (χ0) is 19.8. The number of ether oxygens (including phenoxy) is 1. The van der Waals surface area contributed by atoms with E-state index < -0.39 is 6.23 Å². The summed E-state index contributed by atoms with van der Waals surface area (Å²) in [5, 5.41) is 13.1. The number of benzene rings is 2. The summed E-state index contributed by atoms with van der Waals surface area (Å²) >= 11 is 7.52. The molecule has 0 bridgehead atoms. The van der Waals surface area contributed by atoms with Crippen LogP contribution in [-0.4, -0.2) is 21.4 Å². The monoisotopic (exact) mass is 422 g/mol. The minimum atomic E-state index is -0.572. The van der Waals surface area contributed by atoms with Crippen LogP contribution in [-0.2, 0) is 0 Å². The Morgan fingerprint density at radius 1 is 1.03 bits per heavy atom. The SMILES string of the molecule is CSc1nnc2c(n1)O[C@H](c1ccc(-c3cccc(Cl)c3)o1)Nc1ccccc1-2. The van der Waals surface area contributed by atoms with E-state index in [1.54, 1.807) is 0 Å². The number of nitrogens with one attached hydrogen (secondary N) is 1. The lowest BCUT2D eigenvalue weighted by molar-refractivity contribution is 0.196. The van der Waals surface area contributed by atoms with Gasteiger partial charge in [0.1, 0.15) is 5.76 Å². The van der Waals surface area contributed by atoms with Crippen molar-refractivity contribution in [2.45, 2.75) is 11.4 Å². The van der Waals surface area contributed by atoms with Crippen LogP contribution in [0, 0.1) is 0 Å². The Morgan fingerprint density at radius 3 is 2.79 bits per heavy atom. The van der Waals surface area contributed by atoms with Gasteiger partial charge < -0.3 is 14.5 Å². The summed E-state index contributed by atoms with van der Waals surface area (Å²) in [6.07, 6.45) is 1.32. The van der Waals surface area contributed by atoms with Crippen LogP contribution in [0.1, 0.15) is 12.0 Å². The smallest absolute Gasteiger partial charge is 0.247 e. The zero-order valence-corrected chi connectivity index (χ0v) is 16.9. The van der Waals surface area contributed by atoms with Crippen LogP contribution >= 0.6 is 23.4 Å². The fourth-order valence-electron chi connectivity index (χ4n) is 3.15. The number of hydrogen-bond acceptors (Lipinski definition) is 7. The van der Waals surface area contributed by atoms with Gasteiger partial charge in [0.25, 0.3) is 0 Å². The highest BCUT2D eigenvalue weighted by Crippen LogP contribution is 2.40. The van der Waals surface area contributed by atoms with Crippen molar-refractivity contribution in [2.75, 3.05) is 11.6 Å². The Hall–Kier alpha value is -3.03. The Kier molecular flexibility index (Phi) is 4.61. The molecular weight excluding hydrogens is 408 g/mol. The minimum Gasteiger partial charge on any atom is -0.455 e. The molecule has 0 saturated heterocycles. The quantitative estimate of drug-likeness (QED) is 0.426. The average molecular weight is 423 g/mol. The van der Waals surface area contributed by atoms with Gasteiger partial charge in [-0.25, -0.2) is 0 Å². The molecule has 8 heteroatoms. The largest absolute Gasteiger partial charge is 0.455 e. The summed E-state index contributed by atoms with van der Waals surface area (Å²) in [5.74, 6) is 1.73. The molecule has 0 unspecified atom stereocenters. The molecule has 6 nitrogen and oxygen atoms in total. The maximum absolute atomic E-state index is 6.18. The molecule has 0 aliphatic carbocycles. The lowest BCUT2D eigenvalue weighted by atomic mass is 10.1. The van der Waals surface area contributed by atoms with E-state index in [2.05, 4.69) is 20.5 Å². The van der Waals surface area contributed by atoms with Crippen LogP contribution in [0.2, 0.25) is 5.02 Å². The number of aromatic nitrogens is 3. The molecule has 4 aromatic rings. The molecule has 0 fully saturated rings. The summed E-state index contributed by atoms with van der Waals surface area (Å²) in [6.45, 7) is 0. The van der Waals surface area contributed by atoms with E-state index in [0.29, 0.717) is 33.3 Å². The zero-order valence-electron chi connectivity index (χ0n) is 15.3. The number of hydrogen-bond donors (Lipinski definition) is 1. The van der Waals surface area contributed by atoms with Crippen molar-refractivity contribution in [2.24, 2.45) is 0 Å². The second-order valence-electron chi connectivity index (χ2n) is 6.35. The Balaban J connectivity index is 1.57. The number of nitrogens with zero attached hydrogens (tertiary/aromatic N) is 3. The molecule has 3 heterocycles. The molecule has 2 aromatic carbocycles. The Bertz CT molecular complexity index is 1200. The van der Waals surface area contributed by atoms with E-state index in [9.17, 15) is 0 Å². The number of fused-ring (bicyclic) bond motifs is 3. The van der Waals surface area contributed by atoms with E-state index in [-0.39, 0.29) is 0 Å². The molecule has 29 heavy (non-hydrogen) atoms. The first-order chi connectivity index (χ1) is 14.2. The van der Waals surface area contributed by atoms with Gasteiger partial charge in [0.05, 0.1) is 0 Å². The molecule has 1 aliphatic heterocycles. The number of para-hydroxylation sites is 1. The van der Waals surface area contributed by atoms with E-state index >= 15 is 0 Å². The Morgan fingerprint density at radius 2 is 1.93 bits per heavy atom. The summed E-state index contributed by atoms with van der Waals surface area (Å²) in [7, 11) is 0. The van der Waals surface area contributed by atoms with Crippen LogP contribution < -0.4 is 10.1 Å². The highest BCUT2D eigenvalue weighted by atomic mass is 35.5. The van der Waals surface area contributed by atoms with Gasteiger partial charge in [0.2, 0.25) is 17.3 Å². The van der Waals surface area contributed by atoms with E-state index in [1.165, 1.54) is 11.8 Å². The van der Waals surface area contributed by atoms with Gasteiger partial charge in [0, 0.05) is 21.8 Å². The summed E-state index contributed by atoms with van der Waals surface area (Å²) in [5.41, 5.74) is 3.23. The lowest BCUT2D eigenvalue weighted by Crippen LogP contribution is -2.16. The summed E-state index contributed by atoms with van der Waals surface area (Å²) in [4.78, 5) is 4.51. The molecule has 144 valence electrons. The molecule has 0 amide bonds. The van der Waals surface area contributed by atoms with Crippen LogP contribution in [0.25, 0.3) is 22.6 Å². The summed E-state index contributed by atoms with van der Waals surface area (Å²) in [6, 6.07) is 19.1. The fourth-order valence-corrected chi connectivity index (χ4v) is 3.64. The van der Waals surface area contributed by atoms with Crippen molar-refractivity contribution < 1.29 is 9.15 Å². The van der Waals surface area contributed by atoms with Gasteiger partial charge in [0.15, 0.2) is 11.5 Å². The number of halogens is 1. The third kappa shape index (κ3) is 3.43. The first kappa shape index (κ1) is 18.0. The van der Waals surface area contributed by atoms with Crippen molar-refractivity contribution in [3.63, 3.8) is 0 Å². The van der Waals surface area contributed by atoms with Crippen LogP contribution in [0.3, 0.4) is 0 Å². The van der Waals surface area contributed by atoms with Gasteiger partial charge in [-0.05, 0) is 36.6 Å². The van der Waals surface area contributed by atoms with Gasteiger partial charge >= 0.3 is 0 Å².